The molecule has 4 rings (SSSR count). The number of thiophene rings is 1. The maximum absolute atomic E-state index is 14.6. The standard InChI is InChI=1S/C26H17F3OS/c27-26(28,29)25(23-8-2-1-3-9-23,14-12-19-13-15-31-18-19)17-24(30)22-11-10-20-6-4-5-7-21(20)16-22/h1-11,13,15-16,18H,17H2. The van der Waals surface area contributed by atoms with Crippen LogP contribution in [0.4, 0.5) is 13.2 Å². The predicted octanol–water partition coefficient (Wildman–Crippen LogP) is 7.03. The van der Waals surface area contributed by atoms with E-state index in [9.17, 15) is 18.0 Å². The van der Waals surface area contributed by atoms with Gasteiger partial charge in [-0.15, -0.1) is 0 Å². The van der Waals surface area contributed by atoms with Crippen LogP contribution in [0, 0.1) is 11.8 Å². The van der Waals surface area contributed by atoms with Crippen LogP contribution < -0.4 is 0 Å². The number of hydrogen-bond acceptors (Lipinski definition) is 2. The minimum absolute atomic E-state index is 0.0423. The molecule has 0 amide bonds. The first kappa shape index (κ1) is 20.9. The van der Waals surface area contributed by atoms with E-state index in [0.717, 1.165) is 10.8 Å². The third-order valence-electron chi connectivity index (χ3n) is 5.19. The molecule has 5 heteroatoms. The molecule has 0 aliphatic rings. The summed E-state index contributed by atoms with van der Waals surface area (Å²) in [6, 6.07) is 21.5. The molecule has 0 radical (unpaired) electrons. The second kappa shape index (κ2) is 8.41. The molecular weight excluding hydrogens is 417 g/mol. The molecule has 0 aliphatic heterocycles. The SMILES string of the molecule is O=C(CC(C#Cc1ccsc1)(c1ccccc1)C(F)(F)F)c1ccc2ccccc2c1. The number of carbonyl (C=O) groups is 1. The number of hydrogen-bond donors (Lipinski definition) is 0. The van der Waals surface area contributed by atoms with Crippen LogP contribution in [0.3, 0.4) is 0 Å². The molecule has 1 aromatic heterocycles. The first-order chi connectivity index (χ1) is 14.9. The van der Waals surface area contributed by atoms with Gasteiger partial charge in [0.1, 0.15) is 0 Å². The molecule has 1 nitrogen and oxygen atoms in total. The Bertz CT molecular complexity index is 1260. The van der Waals surface area contributed by atoms with E-state index in [4.69, 9.17) is 0 Å². The van der Waals surface area contributed by atoms with E-state index in [-0.39, 0.29) is 11.1 Å². The molecule has 4 aromatic rings. The van der Waals surface area contributed by atoms with Crippen molar-refractivity contribution in [1.29, 1.82) is 0 Å². The summed E-state index contributed by atoms with van der Waals surface area (Å²) in [4.78, 5) is 13.1. The zero-order chi connectivity index (χ0) is 21.9. The lowest BCUT2D eigenvalue weighted by atomic mass is 9.75. The fraction of sp³-hybridized carbons (Fsp3) is 0.115. The molecular formula is C26H17F3OS. The van der Waals surface area contributed by atoms with Crippen LogP contribution in [0.25, 0.3) is 10.8 Å². The number of benzene rings is 3. The predicted molar refractivity (Wildman–Crippen MR) is 118 cm³/mol. The van der Waals surface area contributed by atoms with Gasteiger partial charge in [-0.1, -0.05) is 78.6 Å². The highest BCUT2D eigenvalue weighted by atomic mass is 32.1. The molecule has 0 spiro atoms. The van der Waals surface area contributed by atoms with E-state index in [1.807, 2.05) is 24.3 Å². The number of alkyl halides is 3. The quantitative estimate of drug-likeness (QED) is 0.249. The van der Waals surface area contributed by atoms with Gasteiger partial charge in [0.25, 0.3) is 0 Å². The highest BCUT2D eigenvalue weighted by molar-refractivity contribution is 7.08. The molecule has 0 saturated heterocycles. The summed E-state index contributed by atoms with van der Waals surface area (Å²) in [5.74, 6) is 4.48. The first-order valence-corrected chi connectivity index (χ1v) is 10.5. The molecule has 1 atom stereocenters. The summed E-state index contributed by atoms with van der Waals surface area (Å²) in [5.41, 5.74) is -1.92. The van der Waals surface area contributed by atoms with Gasteiger partial charge in [-0.05, 0) is 33.8 Å². The Hall–Kier alpha value is -3.36. The third-order valence-corrected chi connectivity index (χ3v) is 5.87. The Balaban J connectivity index is 1.82. The largest absolute Gasteiger partial charge is 0.409 e. The zero-order valence-electron chi connectivity index (χ0n) is 16.3. The van der Waals surface area contributed by atoms with Gasteiger partial charge in [-0.2, -0.15) is 24.5 Å². The van der Waals surface area contributed by atoms with Crippen LogP contribution in [0.5, 0.6) is 0 Å². The smallest absolute Gasteiger partial charge is 0.294 e. The van der Waals surface area contributed by atoms with Crippen LogP contribution in [-0.2, 0) is 5.41 Å². The fourth-order valence-corrected chi connectivity index (χ4v) is 4.08. The van der Waals surface area contributed by atoms with Crippen molar-refractivity contribution in [2.24, 2.45) is 0 Å². The van der Waals surface area contributed by atoms with Crippen LogP contribution in [0.2, 0.25) is 0 Å². The average Bonchev–Trinajstić information content (AvgIpc) is 3.29. The molecule has 0 saturated carbocycles. The molecule has 31 heavy (non-hydrogen) atoms. The molecule has 0 N–H and O–H groups in total. The Morgan fingerprint density at radius 3 is 2.26 bits per heavy atom. The van der Waals surface area contributed by atoms with Gasteiger partial charge in [0.2, 0.25) is 0 Å². The molecule has 154 valence electrons. The van der Waals surface area contributed by atoms with Crippen molar-refractivity contribution in [2.75, 3.05) is 0 Å². The number of Topliss-reactive ketones (excluding diaryl/α,β-unsaturated/α-hetero) is 1. The lowest BCUT2D eigenvalue weighted by Crippen LogP contribution is -2.43. The van der Waals surface area contributed by atoms with Crippen molar-refractivity contribution in [1.82, 2.24) is 0 Å². The van der Waals surface area contributed by atoms with E-state index in [1.165, 1.54) is 35.6 Å². The second-order valence-electron chi connectivity index (χ2n) is 7.19. The maximum Gasteiger partial charge on any atom is 0.409 e. The Kier molecular flexibility index (Phi) is 5.67. The zero-order valence-corrected chi connectivity index (χ0v) is 17.1. The number of rotatable bonds is 4. The van der Waals surface area contributed by atoms with Crippen molar-refractivity contribution in [3.63, 3.8) is 0 Å². The van der Waals surface area contributed by atoms with Crippen LogP contribution in [0.15, 0.2) is 89.6 Å². The number of carbonyl (C=O) groups excluding carboxylic acids is 1. The number of ketones is 1. The molecule has 0 aliphatic carbocycles. The minimum Gasteiger partial charge on any atom is -0.294 e. The van der Waals surface area contributed by atoms with Crippen molar-refractivity contribution in [3.8, 4) is 11.8 Å². The van der Waals surface area contributed by atoms with Crippen molar-refractivity contribution >= 4 is 27.9 Å². The Labute approximate surface area is 182 Å². The summed E-state index contributed by atoms with van der Waals surface area (Å²) in [7, 11) is 0. The van der Waals surface area contributed by atoms with E-state index < -0.39 is 23.8 Å². The van der Waals surface area contributed by atoms with Crippen molar-refractivity contribution in [3.05, 3.63) is 106 Å². The minimum atomic E-state index is -4.75. The molecule has 1 unspecified atom stereocenters. The van der Waals surface area contributed by atoms with Gasteiger partial charge in [0.05, 0.1) is 0 Å². The van der Waals surface area contributed by atoms with Crippen molar-refractivity contribution in [2.45, 2.75) is 18.0 Å². The van der Waals surface area contributed by atoms with Gasteiger partial charge < -0.3 is 0 Å². The summed E-state index contributed by atoms with van der Waals surface area (Å²) in [6.45, 7) is 0. The maximum atomic E-state index is 14.6. The number of fused-ring (bicyclic) bond motifs is 1. The molecule has 0 fully saturated rings. The summed E-state index contributed by atoms with van der Waals surface area (Å²) in [6.07, 6.45) is -5.54. The van der Waals surface area contributed by atoms with E-state index >= 15 is 0 Å². The lowest BCUT2D eigenvalue weighted by molar-refractivity contribution is -0.172. The fourth-order valence-electron chi connectivity index (χ4n) is 3.50. The van der Waals surface area contributed by atoms with E-state index in [2.05, 4.69) is 11.8 Å². The van der Waals surface area contributed by atoms with E-state index in [0.29, 0.717) is 5.56 Å². The van der Waals surface area contributed by atoms with E-state index in [1.54, 1.807) is 41.1 Å². The van der Waals surface area contributed by atoms with Crippen LogP contribution in [0.1, 0.15) is 27.9 Å². The highest BCUT2D eigenvalue weighted by Gasteiger charge is 2.56. The summed E-state index contributed by atoms with van der Waals surface area (Å²) in [5, 5.41) is 5.16. The Morgan fingerprint density at radius 2 is 1.58 bits per heavy atom. The second-order valence-corrected chi connectivity index (χ2v) is 7.97. The third kappa shape index (κ3) is 4.26. The molecule has 0 bridgehead atoms. The molecule has 1 heterocycles. The lowest BCUT2D eigenvalue weighted by Gasteiger charge is -2.31. The Morgan fingerprint density at radius 1 is 0.871 bits per heavy atom. The first-order valence-electron chi connectivity index (χ1n) is 9.59. The van der Waals surface area contributed by atoms with Crippen LogP contribution >= 0.6 is 11.3 Å². The normalized spacial score (nSPS) is 13.3. The van der Waals surface area contributed by atoms with Gasteiger partial charge in [-0.25, -0.2) is 0 Å². The monoisotopic (exact) mass is 434 g/mol. The van der Waals surface area contributed by atoms with Gasteiger partial charge >= 0.3 is 6.18 Å². The van der Waals surface area contributed by atoms with Crippen molar-refractivity contribution < 1.29 is 18.0 Å². The average molecular weight is 434 g/mol. The topological polar surface area (TPSA) is 17.1 Å². The summed E-state index contributed by atoms with van der Waals surface area (Å²) >= 11 is 1.35. The van der Waals surface area contributed by atoms with Gasteiger partial charge in [0, 0.05) is 22.9 Å². The van der Waals surface area contributed by atoms with Gasteiger partial charge in [-0.3, -0.25) is 4.79 Å². The van der Waals surface area contributed by atoms with Crippen LogP contribution in [-0.4, -0.2) is 12.0 Å². The summed E-state index contributed by atoms with van der Waals surface area (Å²) < 4.78 is 43.7. The molecule has 3 aromatic carbocycles. The van der Waals surface area contributed by atoms with Gasteiger partial charge in [0.15, 0.2) is 11.2 Å². The number of halogens is 3. The highest BCUT2D eigenvalue weighted by Crippen LogP contribution is 2.44.